The molecule has 3 aromatic rings. The summed E-state index contributed by atoms with van der Waals surface area (Å²) in [4.78, 5) is 26.9. The molecule has 6 nitrogen and oxygen atoms in total. The molecule has 3 aromatic carbocycles. The van der Waals surface area contributed by atoms with Gasteiger partial charge >= 0.3 is 0 Å². The Kier molecular flexibility index (Phi) is 6.93. The lowest BCUT2D eigenvalue weighted by Crippen LogP contribution is -2.44. The summed E-state index contributed by atoms with van der Waals surface area (Å²) in [6.45, 7) is 4.70. The minimum atomic E-state index is -0.592. The van der Waals surface area contributed by atoms with Gasteiger partial charge in [-0.15, -0.1) is 0 Å². The Labute approximate surface area is 194 Å². The van der Waals surface area contributed by atoms with Gasteiger partial charge < -0.3 is 19.7 Å². The van der Waals surface area contributed by atoms with E-state index in [1.807, 2.05) is 67.6 Å². The van der Waals surface area contributed by atoms with Crippen molar-refractivity contribution in [3.05, 3.63) is 83.9 Å². The van der Waals surface area contributed by atoms with Crippen LogP contribution in [-0.2, 0) is 16.1 Å². The van der Waals surface area contributed by atoms with E-state index < -0.39 is 6.10 Å². The van der Waals surface area contributed by atoms with Crippen molar-refractivity contribution >= 4 is 23.2 Å². The highest BCUT2D eigenvalue weighted by atomic mass is 16.5. The summed E-state index contributed by atoms with van der Waals surface area (Å²) in [6, 6.07) is 23.1. The van der Waals surface area contributed by atoms with Gasteiger partial charge in [0.25, 0.3) is 5.91 Å². The van der Waals surface area contributed by atoms with E-state index in [4.69, 9.17) is 9.47 Å². The van der Waals surface area contributed by atoms with Gasteiger partial charge in [0.15, 0.2) is 6.10 Å². The number of hydrogen-bond donors (Lipinski definition) is 1. The van der Waals surface area contributed by atoms with Crippen LogP contribution in [0.2, 0.25) is 0 Å². The molecule has 6 heteroatoms. The highest BCUT2D eigenvalue weighted by Crippen LogP contribution is 2.37. The third kappa shape index (κ3) is 5.71. The Morgan fingerprint density at radius 1 is 1.06 bits per heavy atom. The minimum absolute atomic E-state index is 0.0864. The van der Waals surface area contributed by atoms with Crippen molar-refractivity contribution in [2.45, 2.75) is 39.3 Å². The lowest BCUT2D eigenvalue weighted by Gasteiger charge is -2.33. The highest BCUT2D eigenvalue weighted by Gasteiger charge is 2.31. The number of anilines is 2. The third-order valence-electron chi connectivity index (χ3n) is 5.47. The van der Waals surface area contributed by atoms with Crippen LogP contribution in [0.5, 0.6) is 11.5 Å². The van der Waals surface area contributed by atoms with E-state index >= 15 is 0 Å². The number of rotatable bonds is 8. The zero-order chi connectivity index (χ0) is 23.2. The number of fused-ring (bicyclic) bond motifs is 1. The number of nitrogens with one attached hydrogen (secondary N) is 1. The average Bonchev–Trinajstić information content (AvgIpc) is 2.81. The van der Waals surface area contributed by atoms with Gasteiger partial charge in [0.2, 0.25) is 5.91 Å². The molecule has 0 bridgehead atoms. The summed E-state index contributed by atoms with van der Waals surface area (Å²) in [5, 5.41) is 2.91. The van der Waals surface area contributed by atoms with Gasteiger partial charge in [-0.25, -0.2) is 0 Å². The number of aryl methyl sites for hydroxylation is 1. The van der Waals surface area contributed by atoms with Crippen LogP contribution in [0.1, 0.15) is 30.9 Å². The summed E-state index contributed by atoms with van der Waals surface area (Å²) in [5.74, 6) is 1.20. The highest BCUT2D eigenvalue weighted by molar-refractivity contribution is 6.00. The van der Waals surface area contributed by atoms with Gasteiger partial charge in [0.05, 0.1) is 18.8 Å². The Bertz CT molecular complexity index is 1110. The van der Waals surface area contributed by atoms with E-state index in [0.29, 0.717) is 43.1 Å². The van der Waals surface area contributed by atoms with Gasteiger partial charge in [-0.2, -0.15) is 0 Å². The number of hydrogen-bond acceptors (Lipinski definition) is 4. The van der Waals surface area contributed by atoms with E-state index in [-0.39, 0.29) is 11.8 Å². The van der Waals surface area contributed by atoms with Crippen LogP contribution in [-0.4, -0.2) is 24.5 Å². The van der Waals surface area contributed by atoms with Crippen LogP contribution in [0.4, 0.5) is 11.4 Å². The molecule has 2 amide bonds. The van der Waals surface area contributed by atoms with Crippen LogP contribution in [0, 0.1) is 6.92 Å². The Morgan fingerprint density at radius 2 is 1.82 bits per heavy atom. The first kappa shape index (κ1) is 22.4. The molecule has 4 rings (SSSR count). The molecule has 0 radical (unpaired) electrons. The molecular weight excluding hydrogens is 416 g/mol. The standard InChI is InChI=1S/C27H28N2O4/c1-19-10-13-23(14-11-19)32-16-6-9-26(30)28-22-12-15-24-25(17-22)33-20(2)27(31)29(24)18-21-7-4-3-5-8-21/h3-5,7-8,10-15,17,20H,6,9,16,18H2,1-2H3,(H,28,30). The van der Waals surface area contributed by atoms with Gasteiger partial charge in [-0.3, -0.25) is 9.59 Å². The molecule has 1 aliphatic rings. The van der Waals surface area contributed by atoms with Crippen molar-refractivity contribution < 1.29 is 19.1 Å². The fraction of sp³-hybridized carbons (Fsp3) is 0.259. The van der Waals surface area contributed by atoms with Crippen molar-refractivity contribution in [3.63, 3.8) is 0 Å². The van der Waals surface area contributed by atoms with E-state index in [0.717, 1.165) is 11.3 Å². The molecular formula is C27H28N2O4. The molecule has 0 fully saturated rings. The largest absolute Gasteiger partial charge is 0.494 e. The van der Waals surface area contributed by atoms with Crippen LogP contribution in [0.15, 0.2) is 72.8 Å². The van der Waals surface area contributed by atoms with Crippen molar-refractivity contribution in [3.8, 4) is 11.5 Å². The number of ether oxygens (including phenoxy) is 2. The third-order valence-corrected chi connectivity index (χ3v) is 5.47. The van der Waals surface area contributed by atoms with Crippen molar-refractivity contribution in [2.75, 3.05) is 16.8 Å². The summed E-state index contributed by atoms with van der Waals surface area (Å²) in [7, 11) is 0. The molecule has 1 heterocycles. The number of amides is 2. The van der Waals surface area contributed by atoms with Gasteiger partial charge in [0.1, 0.15) is 11.5 Å². The molecule has 0 saturated heterocycles. The first-order valence-corrected chi connectivity index (χ1v) is 11.1. The molecule has 170 valence electrons. The van der Waals surface area contributed by atoms with Crippen LogP contribution in [0.3, 0.4) is 0 Å². The smallest absolute Gasteiger partial charge is 0.268 e. The predicted molar refractivity (Wildman–Crippen MR) is 129 cm³/mol. The molecule has 1 unspecified atom stereocenters. The number of benzene rings is 3. The van der Waals surface area contributed by atoms with Crippen LogP contribution >= 0.6 is 0 Å². The van der Waals surface area contributed by atoms with E-state index in [1.165, 1.54) is 5.56 Å². The Hall–Kier alpha value is -3.80. The molecule has 33 heavy (non-hydrogen) atoms. The summed E-state index contributed by atoms with van der Waals surface area (Å²) >= 11 is 0. The second kappa shape index (κ2) is 10.2. The maximum Gasteiger partial charge on any atom is 0.268 e. The number of nitrogens with zero attached hydrogens (tertiary/aromatic N) is 1. The average molecular weight is 445 g/mol. The van der Waals surface area contributed by atoms with Crippen molar-refractivity contribution in [2.24, 2.45) is 0 Å². The number of carbonyl (C=O) groups excluding carboxylic acids is 2. The fourth-order valence-electron chi connectivity index (χ4n) is 3.70. The molecule has 0 aliphatic carbocycles. The second-order valence-electron chi connectivity index (χ2n) is 8.17. The zero-order valence-corrected chi connectivity index (χ0v) is 18.9. The van der Waals surface area contributed by atoms with Crippen LogP contribution < -0.4 is 19.7 Å². The SMILES string of the molecule is Cc1ccc(OCCCC(=O)Nc2ccc3c(c2)OC(C)C(=O)N3Cc2ccccc2)cc1. The minimum Gasteiger partial charge on any atom is -0.494 e. The maximum absolute atomic E-state index is 12.7. The van der Waals surface area contributed by atoms with E-state index in [9.17, 15) is 9.59 Å². The molecule has 1 aliphatic heterocycles. The van der Waals surface area contributed by atoms with E-state index in [2.05, 4.69) is 5.32 Å². The normalized spacial score (nSPS) is 14.9. The van der Waals surface area contributed by atoms with Gasteiger partial charge in [0, 0.05) is 18.2 Å². The zero-order valence-electron chi connectivity index (χ0n) is 18.9. The summed E-state index contributed by atoms with van der Waals surface area (Å²) in [5.41, 5.74) is 3.56. The second-order valence-corrected chi connectivity index (χ2v) is 8.17. The quantitative estimate of drug-likeness (QED) is 0.491. The topological polar surface area (TPSA) is 67.9 Å². The van der Waals surface area contributed by atoms with Crippen LogP contribution in [0.25, 0.3) is 0 Å². The summed E-state index contributed by atoms with van der Waals surface area (Å²) < 4.78 is 11.5. The molecule has 1 atom stereocenters. The first-order chi connectivity index (χ1) is 16.0. The molecule has 0 spiro atoms. The maximum atomic E-state index is 12.7. The summed E-state index contributed by atoms with van der Waals surface area (Å²) in [6.07, 6.45) is 0.363. The van der Waals surface area contributed by atoms with Gasteiger partial charge in [-0.05, 0) is 50.1 Å². The van der Waals surface area contributed by atoms with Crippen molar-refractivity contribution in [1.82, 2.24) is 0 Å². The predicted octanol–water partition coefficient (Wildman–Crippen LogP) is 5.11. The molecule has 1 N–H and O–H groups in total. The number of carbonyl (C=O) groups is 2. The monoisotopic (exact) mass is 444 g/mol. The fourth-order valence-corrected chi connectivity index (χ4v) is 3.70. The lowest BCUT2D eigenvalue weighted by molar-refractivity contribution is -0.125. The molecule has 0 saturated carbocycles. The van der Waals surface area contributed by atoms with Gasteiger partial charge in [-0.1, -0.05) is 48.0 Å². The first-order valence-electron chi connectivity index (χ1n) is 11.1. The van der Waals surface area contributed by atoms with E-state index in [1.54, 1.807) is 24.0 Å². The van der Waals surface area contributed by atoms with Crippen molar-refractivity contribution in [1.29, 1.82) is 0 Å². The molecule has 0 aromatic heterocycles. The Balaban J connectivity index is 1.35. The lowest BCUT2D eigenvalue weighted by atomic mass is 10.1. The Morgan fingerprint density at radius 3 is 2.58 bits per heavy atom.